The molecule has 2 rings (SSSR count). The molecule has 1 aromatic carbocycles. The third kappa shape index (κ3) is 1.59. The number of benzene rings is 1. The van der Waals surface area contributed by atoms with E-state index in [1.807, 2.05) is 0 Å². The van der Waals surface area contributed by atoms with Crippen LogP contribution in [0.1, 0.15) is 0 Å². The number of halogens is 5. The number of pyridine rings is 1. The molecule has 0 unspecified atom stereocenters. The number of aromatic nitrogens is 1. The van der Waals surface area contributed by atoms with Crippen molar-refractivity contribution in [2.24, 2.45) is 0 Å². The minimum absolute atomic E-state index is 0.0300. The fourth-order valence-electron chi connectivity index (χ4n) is 1.24. The van der Waals surface area contributed by atoms with Crippen LogP contribution in [-0.4, -0.2) is 4.98 Å². The van der Waals surface area contributed by atoms with E-state index in [9.17, 15) is 13.2 Å². The second-order valence-corrected chi connectivity index (χ2v) is 4.02. The van der Waals surface area contributed by atoms with Gasteiger partial charge in [0.25, 0.3) is 0 Å². The maximum absolute atomic E-state index is 13.4. The van der Waals surface area contributed by atoms with Gasteiger partial charge in [0, 0.05) is 21.4 Å². The summed E-state index contributed by atoms with van der Waals surface area (Å²) < 4.78 is 39.4. The van der Waals surface area contributed by atoms with Crippen molar-refractivity contribution in [1.29, 1.82) is 0 Å². The Morgan fingerprint density at radius 2 is 1.87 bits per heavy atom. The lowest BCUT2D eigenvalue weighted by Crippen LogP contribution is -1.94. The molecule has 0 amide bonds. The van der Waals surface area contributed by atoms with Gasteiger partial charge in [-0.05, 0) is 22.0 Å². The molecule has 15 heavy (non-hydrogen) atoms. The highest BCUT2D eigenvalue weighted by Crippen LogP contribution is 2.32. The second-order valence-electron chi connectivity index (χ2n) is 2.81. The fourth-order valence-corrected chi connectivity index (χ4v) is 1.93. The van der Waals surface area contributed by atoms with E-state index in [2.05, 4.69) is 20.9 Å². The summed E-state index contributed by atoms with van der Waals surface area (Å²) >= 11 is 8.63. The van der Waals surface area contributed by atoms with Crippen LogP contribution in [0.5, 0.6) is 0 Å². The van der Waals surface area contributed by atoms with E-state index in [4.69, 9.17) is 11.6 Å². The molecule has 1 aromatic heterocycles. The van der Waals surface area contributed by atoms with E-state index in [1.54, 1.807) is 0 Å². The number of nitrogens with zero attached hydrogens (tertiary/aromatic N) is 1. The number of hydrogen-bond acceptors (Lipinski definition) is 1. The van der Waals surface area contributed by atoms with Gasteiger partial charge in [0.15, 0.2) is 17.5 Å². The van der Waals surface area contributed by atoms with Gasteiger partial charge < -0.3 is 0 Å². The molecule has 0 spiro atoms. The van der Waals surface area contributed by atoms with E-state index in [0.717, 1.165) is 6.07 Å². The monoisotopic (exact) mass is 295 g/mol. The van der Waals surface area contributed by atoms with Gasteiger partial charge >= 0.3 is 0 Å². The molecule has 2 aromatic rings. The Kier molecular flexibility index (Phi) is 2.60. The molecule has 1 heterocycles. The molecule has 0 radical (unpaired) electrons. The van der Waals surface area contributed by atoms with Crippen molar-refractivity contribution in [2.75, 3.05) is 0 Å². The van der Waals surface area contributed by atoms with Gasteiger partial charge in [0.05, 0.1) is 0 Å². The van der Waals surface area contributed by atoms with Crippen LogP contribution in [0.15, 0.2) is 16.7 Å². The van der Waals surface area contributed by atoms with Gasteiger partial charge in [0.1, 0.15) is 5.15 Å². The Morgan fingerprint density at radius 3 is 2.53 bits per heavy atom. The number of hydrogen-bond donors (Lipinski definition) is 0. The van der Waals surface area contributed by atoms with Crippen LogP contribution in [0.2, 0.25) is 5.15 Å². The summed E-state index contributed by atoms with van der Waals surface area (Å²) in [5, 5.41) is -0.164. The summed E-state index contributed by atoms with van der Waals surface area (Å²) in [4.78, 5) is 3.68. The molecule has 78 valence electrons. The van der Waals surface area contributed by atoms with E-state index in [0.29, 0.717) is 0 Å². The van der Waals surface area contributed by atoms with Crippen molar-refractivity contribution in [1.82, 2.24) is 4.98 Å². The van der Waals surface area contributed by atoms with Crippen LogP contribution >= 0.6 is 27.5 Å². The predicted molar refractivity (Wildman–Crippen MR) is 54.3 cm³/mol. The summed E-state index contributed by atoms with van der Waals surface area (Å²) in [7, 11) is 0. The largest absolute Gasteiger partial charge is 0.243 e. The molecule has 0 aliphatic carbocycles. The minimum Gasteiger partial charge on any atom is -0.243 e. The summed E-state index contributed by atoms with van der Waals surface area (Å²) in [5.41, 5.74) is 0. The molecule has 0 saturated heterocycles. The zero-order valence-electron chi connectivity index (χ0n) is 6.99. The molecule has 0 atom stereocenters. The fraction of sp³-hybridized carbons (Fsp3) is 0. The number of fused-ring (bicyclic) bond motifs is 1. The quantitative estimate of drug-likeness (QED) is 0.527. The zero-order chi connectivity index (χ0) is 11.2. The van der Waals surface area contributed by atoms with Crippen LogP contribution in [0.4, 0.5) is 13.2 Å². The maximum atomic E-state index is 13.4. The van der Waals surface area contributed by atoms with Gasteiger partial charge in [-0.25, -0.2) is 18.2 Å². The Bertz CT molecular complexity index is 559. The first-order chi connectivity index (χ1) is 7.02. The van der Waals surface area contributed by atoms with Crippen molar-refractivity contribution in [3.8, 4) is 0 Å². The first kappa shape index (κ1) is 10.7. The summed E-state index contributed by atoms with van der Waals surface area (Å²) in [6, 6.07) is 0.813. The lowest BCUT2D eigenvalue weighted by Gasteiger charge is -2.05. The lowest BCUT2D eigenvalue weighted by atomic mass is 10.1. The molecular formula is C9H2BrClF3N. The van der Waals surface area contributed by atoms with Gasteiger partial charge in [-0.1, -0.05) is 11.6 Å². The average Bonchev–Trinajstić information content (AvgIpc) is 2.20. The summed E-state index contributed by atoms with van der Waals surface area (Å²) in [6.07, 6.45) is 1.23. The van der Waals surface area contributed by atoms with Crippen LogP contribution in [0.25, 0.3) is 10.8 Å². The van der Waals surface area contributed by atoms with Gasteiger partial charge in [0.2, 0.25) is 0 Å². The van der Waals surface area contributed by atoms with Crippen molar-refractivity contribution >= 4 is 38.3 Å². The van der Waals surface area contributed by atoms with Gasteiger partial charge in [-0.2, -0.15) is 0 Å². The smallest absolute Gasteiger partial charge is 0.195 e. The van der Waals surface area contributed by atoms with Crippen molar-refractivity contribution in [3.63, 3.8) is 0 Å². The normalized spacial score (nSPS) is 11.0. The highest BCUT2D eigenvalue weighted by molar-refractivity contribution is 9.10. The third-order valence-corrected chi connectivity index (χ3v) is 2.82. The highest BCUT2D eigenvalue weighted by atomic mass is 79.9. The van der Waals surface area contributed by atoms with Crippen molar-refractivity contribution in [3.05, 3.63) is 39.3 Å². The lowest BCUT2D eigenvalue weighted by molar-refractivity contribution is 0.453. The molecular weight excluding hydrogens is 294 g/mol. The molecule has 1 nitrogen and oxygen atoms in total. The van der Waals surface area contributed by atoms with E-state index >= 15 is 0 Å². The van der Waals surface area contributed by atoms with Gasteiger partial charge in [-0.15, -0.1) is 0 Å². The van der Waals surface area contributed by atoms with E-state index < -0.39 is 17.5 Å². The summed E-state index contributed by atoms with van der Waals surface area (Å²) in [6.45, 7) is 0. The van der Waals surface area contributed by atoms with E-state index in [1.165, 1.54) is 6.20 Å². The van der Waals surface area contributed by atoms with Crippen LogP contribution in [0, 0.1) is 17.5 Å². The Hall–Kier alpha value is -0.810. The molecule has 6 heteroatoms. The summed E-state index contributed by atoms with van der Waals surface area (Å²) in [5.74, 6) is -4.09. The molecule has 0 aliphatic heterocycles. The molecule has 0 bridgehead atoms. The maximum Gasteiger partial charge on any atom is 0.195 e. The number of rotatable bonds is 0. The van der Waals surface area contributed by atoms with Crippen molar-refractivity contribution < 1.29 is 13.2 Å². The topological polar surface area (TPSA) is 12.9 Å². The molecule has 0 N–H and O–H groups in total. The molecule has 0 aliphatic rings. The Morgan fingerprint density at radius 1 is 1.20 bits per heavy atom. The van der Waals surface area contributed by atoms with Crippen LogP contribution in [0.3, 0.4) is 0 Å². The Labute approximate surface area is 96.0 Å². The van der Waals surface area contributed by atoms with Gasteiger partial charge in [-0.3, -0.25) is 0 Å². The Balaban J connectivity index is 3.04. The SMILES string of the molecule is Fc1cc2c(Cl)ncc(Br)c2c(F)c1F. The third-order valence-electron chi connectivity index (χ3n) is 1.91. The first-order valence-corrected chi connectivity index (χ1v) is 4.96. The minimum atomic E-state index is -1.52. The molecule has 0 saturated carbocycles. The van der Waals surface area contributed by atoms with Crippen LogP contribution < -0.4 is 0 Å². The average molecular weight is 296 g/mol. The predicted octanol–water partition coefficient (Wildman–Crippen LogP) is 4.07. The van der Waals surface area contributed by atoms with Crippen LogP contribution in [-0.2, 0) is 0 Å². The van der Waals surface area contributed by atoms with Crippen molar-refractivity contribution in [2.45, 2.75) is 0 Å². The zero-order valence-corrected chi connectivity index (χ0v) is 9.33. The highest BCUT2D eigenvalue weighted by Gasteiger charge is 2.17. The first-order valence-electron chi connectivity index (χ1n) is 3.79. The standard InChI is InChI=1S/C9H2BrClF3N/c10-4-2-15-9(11)3-1-5(12)7(13)8(14)6(3)4/h1-2H. The van der Waals surface area contributed by atoms with E-state index in [-0.39, 0.29) is 20.4 Å². The molecule has 0 fully saturated rings. The second kappa shape index (κ2) is 3.64.